The van der Waals surface area contributed by atoms with Crippen LogP contribution in [0, 0.1) is 5.92 Å². The SMILES string of the molecule is CS(=O)(=O)NC(c1ccccc1)(c1ccc(-c2noc(C(F)(F)F)n2)cc1)C1CC1. The van der Waals surface area contributed by atoms with Crippen LogP contribution >= 0.6 is 0 Å². The van der Waals surface area contributed by atoms with E-state index in [9.17, 15) is 21.6 Å². The van der Waals surface area contributed by atoms with Gasteiger partial charge in [0.15, 0.2) is 0 Å². The summed E-state index contributed by atoms with van der Waals surface area (Å²) in [5, 5.41) is 3.39. The topological polar surface area (TPSA) is 85.1 Å². The fourth-order valence-electron chi connectivity index (χ4n) is 3.69. The Hall–Kier alpha value is -2.72. The molecule has 1 N–H and O–H groups in total. The van der Waals surface area contributed by atoms with Crippen molar-refractivity contribution >= 4 is 10.0 Å². The Bertz CT molecular complexity index is 1140. The second kappa shape index (κ2) is 7.21. The van der Waals surface area contributed by atoms with Crippen LogP contribution in [0.2, 0.25) is 0 Å². The number of sulfonamides is 1. The molecule has 0 saturated heterocycles. The molecule has 0 bridgehead atoms. The largest absolute Gasteiger partial charge is 0.471 e. The third-order valence-electron chi connectivity index (χ3n) is 5.03. The smallest absolute Gasteiger partial charge is 0.329 e. The van der Waals surface area contributed by atoms with Crippen molar-refractivity contribution in [2.45, 2.75) is 24.6 Å². The zero-order valence-corrected chi connectivity index (χ0v) is 16.7. The van der Waals surface area contributed by atoms with Gasteiger partial charge in [-0.15, -0.1) is 0 Å². The van der Waals surface area contributed by atoms with Crippen molar-refractivity contribution in [3.63, 3.8) is 0 Å². The Balaban J connectivity index is 1.78. The van der Waals surface area contributed by atoms with Gasteiger partial charge >= 0.3 is 12.1 Å². The third-order valence-corrected chi connectivity index (χ3v) is 5.72. The first kappa shape index (κ1) is 20.5. The van der Waals surface area contributed by atoms with Crippen molar-refractivity contribution < 1.29 is 26.1 Å². The molecule has 1 saturated carbocycles. The van der Waals surface area contributed by atoms with Crippen LogP contribution in [0.3, 0.4) is 0 Å². The molecule has 1 atom stereocenters. The van der Waals surface area contributed by atoms with Crippen molar-refractivity contribution in [1.29, 1.82) is 0 Å². The molecule has 0 amide bonds. The fourth-order valence-corrected chi connectivity index (χ4v) is 4.67. The van der Waals surface area contributed by atoms with Crippen molar-refractivity contribution in [2.24, 2.45) is 5.92 Å². The maximum Gasteiger partial charge on any atom is 0.471 e. The number of nitrogens with zero attached hydrogens (tertiary/aromatic N) is 2. The number of hydrogen-bond donors (Lipinski definition) is 1. The molecule has 158 valence electrons. The molecule has 30 heavy (non-hydrogen) atoms. The lowest BCUT2D eigenvalue weighted by molar-refractivity contribution is -0.159. The lowest BCUT2D eigenvalue weighted by Crippen LogP contribution is -2.48. The van der Waals surface area contributed by atoms with Crippen LogP contribution in [0.15, 0.2) is 59.1 Å². The Labute approximate surface area is 171 Å². The van der Waals surface area contributed by atoms with Gasteiger partial charge in [0.05, 0.1) is 11.8 Å². The summed E-state index contributed by atoms with van der Waals surface area (Å²) in [7, 11) is -3.57. The average Bonchev–Trinajstić information content (AvgIpc) is 3.41. The molecular formula is C20H18F3N3O3S. The highest BCUT2D eigenvalue weighted by Crippen LogP contribution is 2.50. The number of rotatable bonds is 6. The minimum absolute atomic E-state index is 0.0579. The minimum atomic E-state index is -4.72. The Morgan fingerprint density at radius 2 is 1.60 bits per heavy atom. The standard InChI is InChI=1S/C20H18F3N3O3S/c1-30(27,28)26-19(16-11-12-16,14-5-3-2-4-6-14)15-9-7-13(8-10-15)17-24-18(29-25-17)20(21,22)23/h2-10,16,26H,11-12H2,1H3. The first-order valence-electron chi connectivity index (χ1n) is 9.16. The summed E-state index contributed by atoms with van der Waals surface area (Å²) in [5.74, 6) is -1.55. The number of nitrogens with one attached hydrogen (secondary N) is 1. The van der Waals surface area contributed by atoms with E-state index in [0.29, 0.717) is 11.1 Å². The van der Waals surface area contributed by atoms with Crippen molar-refractivity contribution in [2.75, 3.05) is 6.26 Å². The molecule has 1 heterocycles. The van der Waals surface area contributed by atoms with Gasteiger partial charge in [0.1, 0.15) is 0 Å². The predicted molar refractivity (Wildman–Crippen MR) is 103 cm³/mol. The van der Waals surface area contributed by atoms with Gasteiger partial charge in [-0.3, -0.25) is 0 Å². The lowest BCUT2D eigenvalue weighted by atomic mass is 9.79. The number of benzene rings is 2. The Kier molecular flexibility index (Phi) is 4.94. The van der Waals surface area contributed by atoms with Crippen molar-refractivity contribution in [3.8, 4) is 11.4 Å². The first-order chi connectivity index (χ1) is 14.1. The molecule has 1 unspecified atom stereocenters. The van der Waals surface area contributed by atoms with Gasteiger partial charge in [-0.1, -0.05) is 59.8 Å². The highest BCUT2D eigenvalue weighted by atomic mass is 32.2. The van der Waals surface area contributed by atoms with E-state index in [0.717, 1.165) is 24.7 Å². The maximum atomic E-state index is 12.7. The van der Waals surface area contributed by atoms with E-state index >= 15 is 0 Å². The van der Waals surface area contributed by atoms with Gasteiger partial charge in [-0.25, -0.2) is 13.1 Å². The molecule has 3 aromatic rings. The monoisotopic (exact) mass is 437 g/mol. The lowest BCUT2D eigenvalue weighted by Gasteiger charge is -2.35. The van der Waals surface area contributed by atoms with Crippen LogP contribution in [-0.4, -0.2) is 24.8 Å². The number of aromatic nitrogens is 2. The van der Waals surface area contributed by atoms with E-state index in [-0.39, 0.29) is 11.7 Å². The quantitative estimate of drug-likeness (QED) is 0.631. The Morgan fingerprint density at radius 1 is 1.00 bits per heavy atom. The zero-order chi connectivity index (χ0) is 21.6. The van der Waals surface area contributed by atoms with Crippen LogP contribution < -0.4 is 4.72 Å². The van der Waals surface area contributed by atoms with E-state index in [1.165, 1.54) is 0 Å². The summed E-state index contributed by atoms with van der Waals surface area (Å²) in [6.45, 7) is 0. The number of halogens is 3. The number of alkyl halides is 3. The summed E-state index contributed by atoms with van der Waals surface area (Å²) < 4.78 is 69.8. The van der Waals surface area contributed by atoms with Gasteiger partial charge in [0.2, 0.25) is 15.8 Å². The van der Waals surface area contributed by atoms with E-state index in [1.54, 1.807) is 24.3 Å². The third kappa shape index (κ3) is 3.97. The van der Waals surface area contributed by atoms with Crippen LogP contribution in [0.5, 0.6) is 0 Å². The molecule has 1 aliphatic carbocycles. The van der Waals surface area contributed by atoms with Crippen LogP contribution in [0.4, 0.5) is 13.2 Å². The van der Waals surface area contributed by atoms with Gasteiger partial charge in [-0.2, -0.15) is 18.2 Å². The average molecular weight is 437 g/mol. The van der Waals surface area contributed by atoms with Crippen LogP contribution in [0.1, 0.15) is 29.9 Å². The molecule has 0 spiro atoms. The van der Waals surface area contributed by atoms with Crippen LogP contribution in [0.25, 0.3) is 11.4 Å². The van der Waals surface area contributed by atoms with E-state index in [1.807, 2.05) is 30.3 Å². The molecule has 1 fully saturated rings. The molecular weight excluding hydrogens is 419 g/mol. The highest BCUT2D eigenvalue weighted by molar-refractivity contribution is 7.88. The normalized spacial score (nSPS) is 16.9. The van der Waals surface area contributed by atoms with Gasteiger partial charge in [-0.05, 0) is 29.9 Å². The number of hydrogen-bond acceptors (Lipinski definition) is 5. The molecule has 0 radical (unpaired) electrons. The van der Waals surface area contributed by atoms with Gasteiger partial charge in [0, 0.05) is 5.56 Å². The first-order valence-corrected chi connectivity index (χ1v) is 11.0. The molecule has 0 aliphatic heterocycles. The van der Waals surface area contributed by atoms with E-state index in [4.69, 9.17) is 0 Å². The summed E-state index contributed by atoms with van der Waals surface area (Å²) >= 11 is 0. The summed E-state index contributed by atoms with van der Waals surface area (Å²) in [6, 6.07) is 15.7. The molecule has 4 rings (SSSR count). The molecule has 1 aromatic heterocycles. The van der Waals surface area contributed by atoms with E-state index < -0.39 is 27.6 Å². The molecule has 1 aliphatic rings. The van der Waals surface area contributed by atoms with Crippen molar-refractivity contribution in [1.82, 2.24) is 14.9 Å². The van der Waals surface area contributed by atoms with Gasteiger partial charge in [0.25, 0.3) is 0 Å². The molecule has 2 aromatic carbocycles. The Morgan fingerprint density at radius 3 is 2.10 bits per heavy atom. The second-order valence-corrected chi connectivity index (χ2v) is 9.07. The maximum absolute atomic E-state index is 12.7. The predicted octanol–water partition coefficient (Wildman–Crippen LogP) is 3.96. The highest BCUT2D eigenvalue weighted by Gasteiger charge is 2.49. The minimum Gasteiger partial charge on any atom is -0.329 e. The van der Waals surface area contributed by atoms with E-state index in [2.05, 4.69) is 19.4 Å². The van der Waals surface area contributed by atoms with Crippen LogP contribution in [-0.2, 0) is 21.7 Å². The molecule has 10 heteroatoms. The zero-order valence-electron chi connectivity index (χ0n) is 15.8. The summed E-state index contributed by atoms with van der Waals surface area (Å²) in [5.41, 5.74) is 0.839. The fraction of sp³-hybridized carbons (Fsp3) is 0.300. The molecule has 6 nitrogen and oxygen atoms in total. The second-order valence-electron chi connectivity index (χ2n) is 7.32. The summed E-state index contributed by atoms with van der Waals surface area (Å²) in [4.78, 5) is 3.39. The van der Waals surface area contributed by atoms with Crippen molar-refractivity contribution in [3.05, 3.63) is 71.6 Å². The summed E-state index contributed by atoms with van der Waals surface area (Å²) in [6.07, 6.45) is -1.92. The van der Waals surface area contributed by atoms with Gasteiger partial charge < -0.3 is 4.52 Å².